The van der Waals surface area contributed by atoms with Gasteiger partial charge in [0.25, 0.3) is 0 Å². The Kier molecular flexibility index (Phi) is 7.83. The van der Waals surface area contributed by atoms with Crippen LogP contribution in [0.3, 0.4) is 0 Å². The van der Waals surface area contributed by atoms with Gasteiger partial charge < -0.3 is 15.0 Å². The second-order valence-electron chi connectivity index (χ2n) is 8.12. The fourth-order valence-corrected chi connectivity index (χ4v) is 4.46. The van der Waals surface area contributed by atoms with E-state index in [0.717, 1.165) is 51.2 Å². The summed E-state index contributed by atoms with van der Waals surface area (Å²) < 4.78 is 6.32. The number of ether oxygens (including phenoxy) is 1. The highest BCUT2D eigenvalue weighted by Gasteiger charge is 2.32. The summed E-state index contributed by atoms with van der Waals surface area (Å²) in [5.74, 6) is 1.51. The third-order valence-electron chi connectivity index (χ3n) is 6.07. The molecule has 2 atom stereocenters. The lowest BCUT2D eigenvalue weighted by Gasteiger charge is -2.38. The number of nitrogens with one attached hydrogen (secondary N) is 1. The molecule has 1 amide bonds. The van der Waals surface area contributed by atoms with Gasteiger partial charge in [-0.3, -0.25) is 4.79 Å². The van der Waals surface area contributed by atoms with E-state index in [4.69, 9.17) is 4.74 Å². The van der Waals surface area contributed by atoms with Gasteiger partial charge in [-0.05, 0) is 70.8 Å². The number of likely N-dealkylation sites (tertiary alicyclic amines) is 1. The lowest BCUT2D eigenvalue weighted by molar-refractivity contribution is -0.140. The first-order valence-corrected chi connectivity index (χ1v) is 9.79. The van der Waals surface area contributed by atoms with Crippen LogP contribution in [0.5, 0.6) is 0 Å². The van der Waals surface area contributed by atoms with Gasteiger partial charge in [0.05, 0.1) is 12.2 Å². The molecule has 0 aromatic carbocycles. The highest BCUT2D eigenvalue weighted by atomic mass is 35.5. The molecule has 140 valence electrons. The lowest BCUT2D eigenvalue weighted by atomic mass is 9.88. The minimum atomic E-state index is 0. The molecule has 1 N–H and O–H groups in total. The number of piperidine rings is 2. The van der Waals surface area contributed by atoms with E-state index in [1.807, 2.05) is 0 Å². The van der Waals surface area contributed by atoms with Crippen LogP contribution in [-0.2, 0) is 9.53 Å². The molecule has 2 saturated heterocycles. The second-order valence-corrected chi connectivity index (χ2v) is 8.12. The summed E-state index contributed by atoms with van der Waals surface area (Å²) in [6.07, 6.45) is 9.99. The Hall–Kier alpha value is -0.320. The second kappa shape index (κ2) is 9.40. The molecule has 4 nitrogen and oxygen atoms in total. The number of amides is 1. The van der Waals surface area contributed by atoms with Crippen LogP contribution < -0.4 is 5.32 Å². The van der Waals surface area contributed by atoms with Crippen LogP contribution in [0.4, 0.5) is 0 Å². The Morgan fingerprint density at radius 3 is 2.21 bits per heavy atom. The van der Waals surface area contributed by atoms with Crippen LogP contribution in [0.2, 0.25) is 0 Å². The Balaban J connectivity index is 0.00000208. The average molecular weight is 359 g/mol. The SMILES string of the molecule is CC1CCC(OC2CCN(C(=O)[C@H]3CCN[C@@H](C)C3)CC2)CC1.Cl. The van der Waals surface area contributed by atoms with Gasteiger partial charge in [-0.25, -0.2) is 0 Å². The first-order valence-electron chi connectivity index (χ1n) is 9.79. The topological polar surface area (TPSA) is 41.6 Å². The summed E-state index contributed by atoms with van der Waals surface area (Å²) in [7, 11) is 0. The molecule has 0 spiro atoms. The van der Waals surface area contributed by atoms with Crippen molar-refractivity contribution in [2.45, 2.75) is 83.5 Å². The summed E-state index contributed by atoms with van der Waals surface area (Å²) in [5, 5.41) is 3.43. The molecular weight excluding hydrogens is 324 g/mol. The summed E-state index contributed by atoms with van der Waals surface area (Å²) in [5.41, 5.74) is 0. The molecule has 3 fully saturated rings. The first-order chi connectivity index (χ1) is 11.1. The molecule has 2 aliphatic heterocycles. The summed E-state index contributed by atoms with van der Waals surface area (Å²) >= 11 is 0. The zero-order valence-corrected chi connectivity index (χ0v) is 16.2. The van der Waals surface area contributed by atoms with Gasteiger partial charge in [0.15, 0.2) is 0 Å². The van der Waals surface area contributed by atoms with E-state index in [0.29, 0.717) is 24.2 Å². The van der Waals surface area contributed by atoms with Crippen LogP contribution in [0.15, 0.2) is 0 Å². The highest BCUT2D eigenvalue weighted by molar-refractivity contribution is 5.85. The predicted octanol–water partition coefficient (Wildman–Crippen LogP) is 3.38. The predicted molar refractivity (Wildman–Crippen MR) is 99.5 cm³/mol. The van der Waals surface area contributed by atoms with Crippen molar-refractivity contribution in [1.29, 1.82) is 0 Å². The van der Waals surface area contributed by atoms with Crippen molar-refractivity contribution in [3.05, 3.63) is 0 Å². The highest BCUT2D eigenvalue weighted by Crippen LogP contribution is 2.29. The maximum atomic E-state index is 12.7. The van der Waals surface area contributed by atoms with Crippen molar-refractivity contribution >= 4 is 18.3 Å². The minimum absolute atomic E-state index is 0. The number of halogens is 1. The van der Waals surface area contributed by atoms with Crippen LogP contribution in [0.25, 0.3) is 0 Å². The minimum Gasteiger partial charge on any atom is -0.375 e. The van der Waals surface area contributed by atoms with Crippen molar-refractivity contribution in [2.75, 3.05) is 19.6 Å². The monoisotopic (exact) mass is 358 g/mol. The Bertz CT molecular complexity index is 391. The van der Waals surface area contributed by atoms with Crippen LogP contribution in [0.1, 0.15) is 65.2 Å². The van der Waals surface area contributed by atoms with Gasteiger partial charge in [-0.15, -0.1) is 12.4 Å². The van der Waals surface area contributed by atoms with Crippen molar-refractivity contribution in [3.63, 3.8) is 0 Å². The van der Waals surface area contributed by atoms with E-state index in [1.165, 1.54) is 25.7 Å². The third-order valence-corrected chi connectivity index (χ3v) is 6.07. The lowest BCUT2D eigenvalue weighted by Crippen LogP contribution is -2.48. The van der Waals surface area contributed by atoms with E-state index >= 15 is 0 Å². The number of carbonyl (C=O) groups excluding carboxylic acids is 1. The zero-order valence-electron chi connectivity index (χ0n) is 15.3. The molecule has 0 unspecified atom stereocenters. The number of hydrogen-bond donors (Lipinski definition) is 1. The molecule has 2 heterocycles. The van der Waals surface area contributed by atoms with Gasteiger partial charge in [-0.2, -0.15) is 0 Å². The van der Waals surface area contributed by atoms with Gasteiger partial charge in [0.2, 0.25) is 5.91 Å². The fourth-order valence-electron chi connectivity index (χ4n) is 4.46. The molecule has 0 aromatic rings. The van der Waals surface area contributed by atoms with Crippen LogP contribution in [-0.4, -0.2) is 48.7 Å². The average Bonchev–Trinajstić information content (AvgIpc) is 2.57. The van der Waals surface area contributed by atoms with Gasteiger partial charge in [-0.1, -0.05) is 6.92 Å². The molecule has 1 aliphatic carbocycles. The Labute approximate surface area is 153 Å². The molecule has 3 aliphatic rings. The molecule has 0 radical (unpaired) electrons. The van der Waals surface area contributed by atoms with Crippen molar-refractivity contribution in [1.82, 2.24) is 10.2 Å². The number of rotatable bonds is 3. The standard InChI is InChI=1S/C19H34N2O2.ClH/c1-14-3-5-17(6-4-14)23-18-8-11-21(12-9-18)19(22)16-7-10-20-15(2)13-16;/h14-18,20H,3-13H2,1-2H3;1H/t14?,15-,16-,17?;/m0./s1. The Morgan fingerprint density at radius 1 is 0.958 bits per heavy atom. The van der Waals surface area contributed by atoms with E-state index in [1.54, 1.807) is 0 Å². The van der Waals surface area contributed by atoms with E-state index in [2.05, 4.69) is 24.1 Å². The van der Waals surface area contributed by atoms with Crippen molar-refractivity contribution in [2.24, 2.45) is 11.8 Å². The van der Waals surface area contributed by atoms with E-state index in [9.17, 15) is 4.79 Å². The van der Waals surface area contributed by atoms with Gasteiger partial charge in [0.1, 0.15) is 0 Å². The summed E-state index contributed by atoms with van der Waals surface area (Å²) in [6.45, 7) is 7.31. The van der Waals surface area contributed by atoms with Crippen molar-refractivity contribution < 1.29 is 9.53 Å². The number of hydrogen-bond acceptors (Lipinski definition) is 3. The maximum absolute atomic E-state index is 12.7. The van der Waals surface area contributed by atoms with E-state index < -0.39 is 0 Å². The Morgan fingerprint density at radius 2 is 1.58 bits per heavy atom. The van der Waals surface area contributed by atoms with Crippen molar-refractivity contribution in [3.8, 4) is 0 Å². The molecular formula is C19H35ClN2O2. The largest absolute Gasteiger partial charge is 0.375 e. The normalized spacial score (nSPS) is 35.3. The zero-order chi connectivity index (χ0) is 16.2. The van der Waals surface area contributed by atoms with Gasteiger partial charge in [0, 0.05) is 25.0 Å². The van der Waals surface area contributed by atoms with Gasteiger partial charge >= 0.3 is 0 Å². The molecule has 0 bridgehead atoms. The fraction of sp³-hybridized carbons (Fsp3) is 0.947. The third kappa shape index (κ3) is 5.34. The number of carbonyl (C=O) groups is 1. The van der Waals surface area contributed by atoms with Crippen LogP contribution in [0, 0.1) is 11.8 Å². The molecule has 3 rings (SSSR count). The smallest absolute Gasteiger partial charge is 0.225 e. The summed E-state index contributed by atoms with van der Waals surface area (Å²) in [4.78, 5) is 14.8. The molecule has 1 saturated carbocycles. The maximum Gasteiger partial charge on any atom is 0.225 e. The van der Waals surface area contributed by atoms with Crippen LogP contribution >= 0.6 is 12.4 Å². The molecule has 5 heteroatoms. The first kappa shape index (κ1) is 20.0. The quantitative estimate of drug-likeness (QED) is 0.840. The molecule has 24 heavy (non-hydrogen) atoms. The number of nitrogens with zero attached hydrogens (tertiary/aromatic N) is 1. The van der Waals surface area contributed by atoms with E-state index in [-0.39, 0.29) is 18.3 Å². The molecule has 0 aromatic heterocycles. The summed E-state index contributed by atoms with van der Waals surface area (Å²) in [6, 6.07) is 0.479.